The number of benzene rings is 1. The van der Waals surface area contributed by atoms with Crippen molar-refractivity contribution in [2.45, 2.75) is 33.6 Å². The van der Waals surface area contributed by atoms with Crippen LogP contribution in [-0.2, 0) is 9.59 Å². The van der Waals surface area contributed by atoms with Crippen molar-refractivity contribution in [3.63, 3.8) is 0 Å². The number of carboxylic acids is 1. The third-order valence-electron chi connectivity index (χ3n) is 4.36. The molecule has 1 saturated carbocycles. The van der Waals surface area contributed by atoms with Gasteiger partial charge in [-0.05, 0) is 44.7 Å². The average molecular weight is 289 g/mol. The number of aliphatic carboxylic acids is 1. The number of carbonyl (C=O) groups excluding carboxylic acids is 1. The maximum atomic E-state index is 12.8. The van der Waals surface area contributed by atoms with Gasteiger partial charge in [-0.1, -0.05) is 24.6 Å². The van der Waals surface area contributed by atoms with Crippen LogP contribution in [-0.4, -0.2) is 23.5 Å². The lowest BCUT2D eigenvalue weighted by atomic mass is 9.94. The van der Waals surface area contributed by atoms with Gasteiger partial charge in [0.15, 0.2) is 0 Å². The summed E-state index contributed by atoms with van der Waals surface area (Å²) in [6.07, 6.45) is 1.26. The van der Waals surface area contributed by atoms with Crippen LogP contribution in [0.25, 0.3) is 0 Å². The van der Waals surface area contributed by atoms with Crippen molar-refractivity contribution in [3.8, 4) is 0 Å². The Balaban J connectivity index is 2.23. The molecule has 114 valence electrons. The van der Waals surface area contributed by atoms with Crippen molar-refractivity contribution in [2.24, 2.45) is 17.8 Å². The number of rotatable bonds is 4. The minimum Gasteiger partial charge on any atom is -0.481 e. The SMILES string of the molecule is CCN(C(=O)[C@H]1CC(C)C[C@H]1C(=O)O)c1ccc(C)cc1. The van der Waals surface area contributed by atoms with Crippen LogP contribution in [0.15, 0.2) is 24.3 Å². The van der Waals surface area contributed by atoms with Crippen molar-refractivity contribution in [1.82, 2.24) is 0 Å². The predicted molar refractivity (Wildman–Crippen MR) is 82.2 cm³/mol. The van der Waals surface area contributed by atoms with Crippen LogP contribution in [0.3, 0.4) is 0 Å². The molecule has 4 heteroatoms. The minimum atomic E-state index is -0.849. The molecule has 1 aromatic carbocycles. The molecule has 0 spiro atoms. The fraction of sp³-hybridized carbons (Fsp3) is 0.529. The standard InChI is InChI=1S/C17H23NO3/c1-4-18(13-7-5-11(2)6-8-13)16(19)14-9-12(3)10-15(14)17(20)21/h5-8,12,14-15H,4,9-10H2,1-3H3,(H,20,21)/t12?,14-,15+/m0/s1. The summed E-state index contributed by atoms with van der Waals surface area (Å²) in [6.45, 7) is 6.50. The van der Waals surface area contributed by atoms with Crippen molar-refractivity contribution in [3.05, 3.63) is 29.8 Å². The number of nitrogens with zero attached hydrogens (tertiary/aromatic N) is 1. The molecule has 1 N–H and O–H groups in total. The molecule has 1 aliphatic rings. The van der Waals surface area contributed by atoms with E-state index in [0.717, 1.165) is 11.3 Å². The van der Waals surface area contributed by atoms with Crippen LogP contribution in [0, 0.1) is 24.7 Å². The molecule has 1 fully saturated rings. The van der Waals surface area contributed by atoms with Gasteiger partial charge in [0, 0.05) is 12.2 Å². The third kappa shape index (κ3) is 3.26. The number of carbonyl (C=O) groups is 2. The zero-order chi connectivity index (χ0) is 15.6. The fourth-order valence-corrected chi connectivity index (χ4v) is 3.23. The summed E-state index contributed by atoms with van der Waals surface area (Å²) in [4.78, 5) is 25.9. The quantitative estimate of drug-likeness (QED) is 0.926. The lowest BCUT2D eigenvalue weighted by Gasteiger charge is -2.26. The highest BCUT2D eigenvalue weighted by Crippen LogP contribution is 2.38. The smallest absolute Gasteiger partial charge is 0.307 e. The van der Waals surface area contributed by atoms with Gasteiger partial charge in [0.05, 0.1) is 11.8 Å². The molecule has 1 amide bonds. The second-order valence-electron chi connectivity index (χ2n) is 6.05. The van der Waals surface area contributed by atoms with Gasteiger partial charge in [-0.15, -0.1) is 0 Å². The zero-order valence-corrected chi connectivity index (χ0v) is 12.9. The van der Waals surface area contributed by atoms with E-state index in [1.54, 1.807) is 4.90 Å². The molecule has 3 atom stereocenters. The van der Waals surface area contributed by atoms with Crippen LogP contribution in [0.4, 0.5) is 5.69 Å². The van der Waals surface area contributed by atoms with E-state index >= 15 is 0 Å². The molecule has 2 rings (SSSR count). The predicted octanol–water partition coefficient (Wildman–Crippen LogP) is 3.09. The Bertz CT molecular complexity index is 523. The number of carboxylic acid groups (broad SMARTS) is 1. The molecule has 0 heterocycles. The van der Waals surface area contributed by atoms with Crippen molar-refractivity contribution in [2.75, 3.05) is 11.4 Å². The summed E-state index contributed by atoms with van der Waals surface area (Å²) >= 11 is 0. The van der Waals surface area contributed by atoms with Gasteiger partial charge >= 0.3 is 5.97 Å². The van der Waals surface area contributed by atoms with Crippen LogP contribution < -0.4 is 4.90 Å². The molecule has 0 saturated heterocycles. The van der Waals surface area contributed by atoms with E-state index in [-0.39, 0.29) is 11.8 Å². The highest BCUT2D eigenvalue weighted by atomic mass is 16.4. The van der Waals surface area contributed by atoms with Crippen LogP contribution in [0.5, 0.6) is 0 Å². The summed E-state index contributed by atoms with van der Waals surface area (Å²) < 4.78 is 0. The summed E-state index contributed by atoms with van der Waals surface area (Å²) in [6, 6.07) is 7.78. The van der Waals surface area contributed by atoms with Gasteiger partial charge in [0.1, 0.15) is 0 Å². The second-order valence-corrected chi connectivity index (χ2v) is 6.05. The fourth-order valence-electron chi connectivity index (χ4n) is 3.23. The zero-order valence-electron chi connectivity index (χ0n) is 12.9. The van der Waals surface area contributed by atoms with E-state index in [0.29, 0.717) is 19.4 Å². The highest BCUT2D eigenvalue weighted by Gasteiger charge is 2.42. The van der Waals surface area contributed by atoms with Crippen LogP contribution in [0.2, 0.25) is 0 Å². The highest BCUT2D eigenvalue weighted by molar-refractivity contribution is 5.97. The summed E-state index contributed by atoms with van der Waals surface area (Å²) in [5.41, 5.74) is 1.98. The molecule has 4 nitrogen and oxygen atoms in total. The Labute approximate surface area is 125 Å². The monoisotopic (exact) mass is 289 g/mol. The van der Waals surface area contributed by atoms with E-state index in [9.17, 15) is 14.7 Å². The number of hydrogen-bond donors (Lipinski definition) is 1. The van der Waals surface area contributed by atoms with Gasteiger partial charge in [-0.2, -0.15) is 0 Å². The molecule has 0 aromatic heterocycles. The van der Waals surface area contributed by atoms with E-state index < -0.39 is 17.8 Å². The largest absolute Gasteiger partial charge is 0.481 e. The first-order valence-corrected chi connectivity index (χ1v) is 7.54. The lowest BCUT2D eigenvalue weighted by Crippen LogP contribution is -2.39. The average Bonchev–Trinajstić information content (AvgIpc) is 2.84. The Hall–Kier alpha value is -1.84. The molecular formula is C17H23NO3. The summed E-state index contributed by atoms with van der Waals surface area (Å²) in [5, 5.41) is 9.34. The summed E-state index contributed by atoms with van der Waals surface area (Å²) in [5.74, 6) is -1.57. The van der Waals surface area contributed by atoms with E-state index in [1.165, 1.54) is 0 Å². The van der Waals surface area contributed by atoms with E-state index in [1.807, 2.05) is 45.0 Å². The van der Waals surface area contributed by atoms with Gasteiger partial charge in [0.25, 0.3) is 0 Å². The van der Waals surface area contributed by atoms with E-state index in [2.05, 4.69) is 0 Å². The second kappa shape index (κ2) is 6.29. The molecule has 1 aromatic rings. The van der Waals surface area contributed by atoms with Crippen molar-refractivity contribution < 1.29 is 14.7 Å². The Kier molecular flexibility index (Phi) is 4.66. The number of aryl methyl sites for hydroxylation is 1. The molecule has 0 radical (unpaired) electrons. The Morgan fingerprint density at radius 1 is 1.19 bits per heavy atom. The normalized spacial score (nSPS) is 24.8. The lowest BCUT2D eigenvalue weighted by molar-refractivity contribution is -0.145. The number of amides is 1. The molecule has 0 aliphatic heterocycles. The number of hydrogen-bond acceptors (Lipinski definition) is 2. The van der Waals surface area contributed by atoms with Crippen molar-refractivity contribution in [1.29, 1.82) is 0 Å². The first-order valence-electron chi connectivity index (χ1n) is 7.54. The molecule has 21 heavy (non-hydrogen) atoms. The first kappa shape index (κ1) is 15.5. The maximum absolute atomic E-state index is 12.8. The van der Waals surface area contributed by atoms with Crippen LogP contribution in [0.1, 0.15) is 32.3 Å². The number of anilines is 1. The van der Waals surface area contributed by atoms with Gasteiger partial charge in [0.2, 0.25) is 5.91 Å². The maximum Gasteiger partial charge on any atom is 0.307 e. The third-order valence-corrected chi connectivity index (χ3v) is 4.36. The van der Waals surface area contributed by atoms with Gasteiger partial charge in [-0.25, -0.2) is 0 Å². The molecule has 1 unspecified atom stereocenters. The molecular weight excluding hydrogens is 266 g/mol. The van der Waals surface area contributed by atoms with E-state index in [4.69, 9.17) is 0 Å². The van der Waals surface area contributed by atoms with Crippen LogP contribution >= 0.6 is 0 Å². The van der Waals surface area contributed by atoms with Gasteiger partial charge < -0.3 is 10.0 Å². The van der Waals surface area contributed by atoms with Gasteiger partial charge in [-0.3, -0.25) is 9.59 Å². The van der Waals surface area contributed by atoms with Crippen molar-refractivity contribution >= 4 is 17.6 Å². The first-order chi connectivity index (χ1) is 9.93. The summed E-state index contributed by atoms with van der Waals surface area (Å²) in [7, 11) is 0. The molecule has 1 aliphatic carbocycles. The topological polar surface area (TPSA) is 57.6 Å². The Morgan fingerprint density at radius 3 is 2.29 bits per heavy atom. The Morgan fingerprint density at radius 2 is 1.76 bits per heavy atom. The minimum absolute atomic E-state index is 0.0573. The molecule has 0 bridgehead atoms.